The Balaban J connectivity index is 1.39. The Morgan fingerprint density at radius 2 is 1.71 bits per heavy atom. The highest BCUT2D eigenvalue weighted by molar-refractivity contribution is 7.92. The number of rotatable bonds is 6. The minimum Gasteiger partial charge on any atom is -0.438 e. The zero-order valence-corrected chi connectivity index (χ0v) is 16.9. The highest BCUT2D eigenvalue weighted by atomic mass is 32.2. The minimum atomic E-state index is -4.76. The number of benzene rings is 1. The molecule has 2 aromatic rings. The first-order chi connectivity index (χ1) is 14.7. The fourth-order valence-electron chi connectivity index (χ4n) is 3.50. The predicted octanol–water partition coefficient (Wildman–Crippen LogP) is 4.19. The topological polar surface area (TPSA) is 86.8 Å². The molecule has 0 amide bonds. The molecule has 31 heavy (non-hydrogen) atoms. The lowest BCUT2D eigenvalue weighted by Gasteiger charge is -2.11. The number of nitrogens with one attached hydrogen (secondary N) is 1. The summed E-state index contributed by atoms with van der Waals surface area (Å²) in [7, 11) is -3.44. The molecule has 0 bridgehead atoms. The number of hydrogen-bond donors (Lipinski definition) is 1. The number of hydroxylamine groups is 1. The van der Waals surface area contributed by atoms with Crippen LogP contribution < -0.4 is 15.0 Å². The number of nitrogens with zero attached hydrogens (tertiary/aromatic N) is 1. The van der Waals surface area contributed by atoms with Crippen LogP contribution in [0.15, 0.2) is 59.6 Å². The molecule has 2 heterocycles. The van der Waals surface area contributed by atoms with E-state index in [4.69, 9.17) is 9.57 Å². The first-order valence-electron chi connectivity index (χ1n) is 9.58. The summed E-state index contributed by atoms with van der Waals surface area (Å²) in [6.45, 7) is 0. The van der Waals surface area contributed by atoms with Gasteiger partial charge in [0.2, 0.25) is 5.88 Å². The van der Waals surface area contributed by atoms with Crippen LogP contribution >= 0.6 is 0 Å². The van der Waals surface area contributed by atoms with Gasteiger partial charge in [-0.1, -0.05) is 25.0 Å². The van der Waals surface area contributed by atoms with Gasteiger partial charge in [0.15, 0.2) is 14.9 Å². The van der Waals surface area contributed by atoms with E-state index in [1.54, 1.807) is 6.08 Å². The van der Waals surface area contributed by atoms with Crippen LogP contribution in [0.3, 0.4) is 0 Å². The lowest BCUT2D eigenvalue weighted by atomic mass is 10.1. The van der Waals surface area contributed by atoms with E-state index in [0.29, 0.717) is 24.2 Å². The van der Waals surface area contributed by atoms with Crippen molar-refractivity contribution < 1.29 is 35.9 Å². The molecule has 7 nitrogen and oxygen atoms in total. The summed E-state index contributed by atoms with van der Waals surface area (Å²) in [5.41, 5.74) is 3.16. The van der Waals surface area contributed by atoms with E-state index < -0.39 is 22.3 Å². The van der Waals surface area contributed by atoms with Crippen molar-refractivity contribution in [2.24, 2.45) is 0 Å². The van der Waals surface area contributed by atoms with Crippen molar-refractivity contribution >= 4 is 9.84 Å². The standard InChI is InChI=1S/C20H19F3N2O5S/c21-20(22,23)29-14-7-5-13(6-8-14)17-11-18(25-30-17)28-15-9-10-19(24-12-15)31(26,27)16-3-1-2-4-16/h5-12,16-17,25H,1-4H2. The van der Waals surface area contributed by atoms with E-state index in [0.717, 1.165) is 12.8 Å². The summed E-state index contributed by atoms with van der Waals surface area (Å²) in [6.07, 6.45) is 0.679. The number of hydrogen-bond acceptors (Lipinski definition) is 7. The Labute approximate surface area is 176 Å². The Hall–Kier alpha value is -2.79. The van der Waals surface area contributed by atoms with Crippen LogP contribution in [0.2, 0.25) is 0 Å². The van der Waals surface area contributed by atoms with E-state index in [2.05, 4.69) is 15.2 Å². The summed E-state index contributed by atoms with van der Waals surface area (Å²) in [4.78, 5) is 9.40. The molecule has 0 radical (unpaired) electrons. The lowest BCUT2D eigenvalue weighted by Crippen LogP contribution is -2.19. The second-order valence-corrected chi connectivity index (χ2v) is 9.35. The van der Waals surface area contributed by atoms with Gasteiger partial charge in [0.1, 0.15) is 17.6 Å². The first kappa shape index (κ1) is 21.4. The molecular weight excluding hydrogens is 437 g/mol. The van der Waals surface area contributed by atoms with Gasteiger partial charge in [-0.2, -0.15) is 0 Å². The maximum absolute atomic E-state index is 12.6. The Morgan fingerprint density at radius 3 is 2.32 bits per heavy atom. The molecule has 1 unspecified atom stereocenters. The number of alkyl halides is 3. The quantitative estimate of drug-likeness (QED) is 0.697. The second-order valence-electron chi connectivity index (χ2n) is 7.17. The number of halogens is 3. The number of sulfone groups is 1. The fourth-order valence-corrected chi connectivity index (χ4v) is 5.25. The van der Waals surface area contributed by atoms with E-state index >= 15 is 0 Å². The zero-order valence-electron chi connectivity index (χ0n) is 16.1. The molecule has 1 aromatic heterocycles. The average Bonchev–Trinajstić information content (AvgIpc) is 3.40. The third kappa shape index (κ3) is 5.10. The SMILES string of the molecule is O=S(=O)(c1ccc(OC2=CC(c3ccc(OC(F)(F)F)cc3)ON2)cn1)C1CCCC1. The second kappa shape index (κ2) is 8.39. The highest BCUT2D eigenvalue weighted by Crippen LogP contribution is 2.31. The summed E-state index contributed by atoms with van der Waals surface area (Å²) < 4.78 is 71.3. The molecule has 1 aromatic carbocycles. The van der Waals surface area contributed by atoms with Crippen LogP contribution in [-0.4, -0.2) is 25.0 Å². The van der Waals surface area contributed by atoms with Crippen molar-refractivity contribution in [3.8, 4) is 11.5 Å². The predicted molar refractivity (Wildman–Crippen MR) is 102 cm³/mol. The minimum absolute atomic E-state index is 0.0235. The fraction of sp³-hybridized carbons (Fsp3) is 0.350. The van der Waals surface area contributed by atoms with Crippen LogP contribution in [0.4, 0.5) is 13.2 Å². The van der Waals surface area contributed by atoms with Crippen molar-refractivity contribution in [1.29, 1.82) is 0 Å². The molecule has 0 spiro atoms. The number of aromatic nitrogens is 1. The van der Waals surface area contributed by atoms with Crippen LogP contribution in [0.5, 0.6) is 11.5 Å². The van der Waals surface area contributed by atoms with Crippen molar-refractivity contribution in [1.82, 2.24) is 10.5 Å². The zero-order chi connectivity index (χ0) is 22.1. The van der Waals surface area contributed by atoms with E-state index in [9.17, 15) is 21.6 Å². The third-order valence-corrected chi connectivity index (χ3v) is 7.17. The lowest BCUT2D eigenvalue weighted by molar-refractivity contribution is -0.274. The van der Waals surface area contributed by atoms with Crippen LogP contribution in [-0.2, 0) is 14.7 Å². The summed E-state index contributed by atoms with van der Waals surface area (Å²) in [5, 5.41) is -0.358. The summed E-state index contributed by atoms with van der Waals surface area (Å²) in [6, 6.07) is 8.18. The van der Waals surface area contributed by atoms with E-state index in [1.807, 2.05) is 0 Å². The molecule has 11 heteroatoms. The van der Waals surface area contributed by atoms with Crippen LogP contribution in [0.25, 0.3) is 0 Å². The van der Waals surface area contributed by atoms with Crippen molar-refractivity contribution in [3.63, 3.8) is 0 Å². The normalized spacial score (nSPS) is 19.7. The van der Waals surface area contributed by atoms with Gasteiger partial charge < -0.3 is 9.47 Å². The van der Waals surface area contributed by atoms with Gasteiger partial charge >= 0.3 is 6.36 Å². The van der Waals surface area contributed by atoms with Crippen molar-refractivity contribution in [3.05, 3.63) is 60.1 Å². The smallest absolute Gasteiger partial charge is 0.438 e. The molecule has 1 fully saturated rings. The van der Waals surface area contributed by atoms with Crippen molar-refractivity contribution in [2.45, 2.75) is 48.4 Å². The first-order valence-corrected chi connectivity index (χ1v) is 11.1. The van der Waals surface area contributed by atoms with Crippen LogP contribution in [0, 0.1) is 0 Å². The molecule has 1 aliphatic heterocycles. The monoisotopic (exact) mass is 456 g/mol. The van der Waals surface area contributed by atoms with Gasteiger partial charge in [-0.3, -0.25) is 4.84 Å². The molecule has 166 valence electrons. The Kier molecular flexibility index (Phi) is 5.80. The number of ether oxygens (including phenoxy) is 2. The van der Waals surface area contributed by atoms with Crippen LogP contribution in [0.1, 0.15) is 37.4 Å². The van der Waals surface area contributed by atoms with Gasteiger partial charge in [-0.15, -0.1) is 13.2 Å². The molecule has 0 saturated heterocycles. The van der Waals surface area contributed by atoms with Gasteiger partial charge in [0.05, 0.1) is 11.4 Å². The average molecular weight is 456 g/mol. The van der Waals surface area contributed by atoms with Gasteiger partial charge in [-0.25, -0.2) is 18.9 Å². The van der Waals surface area contributed by atoms with Gasteiger partial charge in [0.25, 0.3) is 0 Å². The molecule has 1 saturated carbocycles. The van der Waals surface area contributed by atoms with Gasteiger partial charge in [0, 0.05) is 6.08 Å². The highest BCUT2D eigenvalue weighted by Gasteiger charge is 2.32. The molecule has 1 aliphatic carbocycles. The molecular formula is C20H19F3N2O5S. The number of pyridine rings is 1. The third-order valence-electron chi connectivity index (χ3n) is 5.00. The maximum Gasteiger partial charge on any atom is 0.573 e. The Morgan fingerprint density at radius 1 is 1.03 bits per heavy atom. The van der Waals surface area contributed by atoms with E-state index in [1.165, 1.54) is 42.6 Å². The van der Waals surface area contributed by atoms with Crippen molar-refractivity contribution in [2.75, 3.05) is 0 Å². The molecule has 2 aliphatic rings. The molecule has 4 rings (SSSR count). The molecule has 1 atom stereocenters. The molecule has 1 N–H and O–H groups in total. The Bertz CT molecular complexity index is 1050. The van der Waals surface area contributed by atoms with Gasteiger partial charge in [-0.05, 0) is 42.7 Å². The maximum atomic E-state index is 12.6. The van der Waals surface area contributed by atoms with E-state index in [-0.39, 0.29) is 21.9 Å². The summed E-state index contributed by atoms with van der Waals surface area (Å²) in [5.74, 6) is 0.220. The summed E-state index contributed by atoms with van der Waals surface area (Å²) >= 11 is 0. The largest absolute Gasteiger partial charge is 0.573 e.